The number of hydrogen-bond acceptors (Lipinski definition) is 11. The lowest BCUT2D eigenvalue weighted by atomic mass is 10.1. The number of carbonyl (C=O) groups excluding carboxylic acids is 3. The molecule has 17 heteroatoms. The Morgan fingerprint density at radius 3 is 2.62 bits per heavy atom. The van der Waals surface area contributed by atoms with Crippen molar-refractivity contribution in [2.45, 2.75) is 51.8 Å². The minimum absolute atomic E-state index is 0.158. The molecular formula is C17H26N8O7S2. The van der Waals surface area contributed by atoms with Crippen molar-refractivity contribution >= 4 is 44.6 Å². The average Bonchev–Trinajstić information content (AvgIpc) is 3.18. The van der Waals surface area contributed by atoms with E-state index in [1.54, 1.807) is 37.8 Å². The van der Waals surface area contributed by atoms with Gasteiger partial charge in [-0.3, -0.25) is 14.5 Å². The third-order valence-corrected chi connectivity index (χ3v) is 7.29. The number of nitrogens with zero attached hydrogens (tertiary/aromatic N) is 4. The van der Waals surface area contributed by atoms with Crippen molar-refractivity contribution < 1.29 is 32.2 Å². The van der Waals surface area contributed by atoms with E-state index in [1.165, 1.54) is 4.90 Å². The second kappa shape index (κ2) is 9.69. The fourth-order valence-electron chi connectivity index (χ4n) is 3.07. The zero-order chi connectivity index (χ0) is 25.4. The van der Waals surface area contributed by atoms with Crippen molar-refractivity contribution in [1.29, 1.82) is 0 Å². The monoisotopic (exact) mass is 518 g/mol. The lowest BCUT2D eigenvalue weighted by Crippen LogP contribution is -2.69. The summed E-state index contributed by atoms with van der Waals surface area (Å²) in [6, 6.07) is -2.07. The first-order valence-electron chi connectivity index (χ1n) is 10.0. The van der Waals surface area contributed by atoms with Gasteiger partial charge >= 0.3 is 16.2 Å². The van der Waals surface area contributed by atoms with E-state index < -0.39 is 50.3 Å². The molecular weight excluding hydrogens is 492 g/mol. The molecule has 188 valence electrons. The molecule has 3 heterocycles. The highest BCUT2D eigenvalue weighted by Crippen LogP contribution is 2.31. The molecule has 0 spiro atoms. The minimum Gasteiger partial charge on any atom is -0.369 e. The number of imide groups is 1. The van der Waals surface area contributed by atoms with Gasteiger partial charge in [0, 0.05) is 16.7 Å². The first-order chi connectivity index (χ1) is 15.8. The summed E-state index contributed by atoms with van der Waals surface area (Å²) >= 11 is 0. The maximum absolute atomic E-state index is 12.8. The van der Waals surface area contributed by atoms with Gasteiger partial charge < -0.3 is 20.9 Å². The number of nitrogens with two attached hydrogens (primary N) is 2. The van der Waals surface area contributed by atoms with Crippen molar-refractivity contribution in [3.05, 3.63) is 22.4 Å². The summed E-state index contributed by atoms with van der Waals surface area (Å²) in [7, 11) is -5.39. The van der Waals surface area contributed by atoms with E-state index in [0.29, 0.717) is 21.9 Å². The Balaban J connectivity index is 1.69. The van der Waals surface area contributed by atoms with Crippen LogP contribution in [0.5, 0.6) is 0 Å². The SMILES string of the molecule is Cc1noc(NS(=O)(=O)NC(=O)N2CC(N3C(CC(N)=O)=C/S(=N/OC(C)C)C3N)C2=O)c1C. The molecule has 15 nitrogen and oxygen atoms in total. The van der Waals surface area contributed by atoms with Crippen LogP contribution >= 0.6 is 0 Å². The molecule has 0 aliphatic carbocycles. The van der Waals surface area contributed by atoms with E-state index in [1.807, 2.05) is 4.72 Å². The second-order valence-corrected chi connectivity index (χ2v) is 10.8. The molecule has 3 rings (SSSR count). The van der Waals surface area contributed by atoms with Gasteiger partial charge in [0.05, 0.1) is 24.8 Å². The fraction of sp³-hybridized carbons (Fsp3) is 0.529. The standard InChI is InChI=1S/C17H26N8O7S2/c1-8(2)31-23-33-7-11(5-13(18)26)25(16(33)19)12-6-24(15(12)27)17(28)22-34(29,30)21-14-9(3)10(4)20-32-14/h7-8,12,16,21H,5-6,19H2,1-4H3,(H2,18,26)(H,22,28). The number of aromatic nitrogens is 1. The minimum atomic E-state index is -4.40. The van der Waals surface area contributed by atoms with Gasteiger partial charge in [-0.1, -0.05) is 5.16 Å². The molecule has 34 heavy (non-hydrogen) atoms. The molecule has 1 aromatic rings. The van der Waals surface area contributed by atoms with Crippen LogP contribution in [0.2, 0.25) is 0 Å². The van der Waals surface area contributed by atoms with Crippen LogP contribution < -0.4 is 20.9 Å². The molecule has 1 aromatic heterocycles. The van der Waals surface area contributed by atoms with E-state index in [4.69, 9.17) is 20.8 Å². The van der Waals surface area contributed by atoms with Crippen LogP contribution in [0.3, 0.4) is 0 Å². The number of urea groups is 1. The summed E-state index contributed by atoms with van der Waals surface area (Å²) < 4.78 is 37.3. The topological polar surface area (TPSA) is 216 Å². The maximum Gasteiger partial charge on any atom is 0.339 e. The number of aryl methyl sites for hydroxylation is 1. The number of hydrogen-bond donors (Lipinski definition) is 4. The number of rotatable bonds is 8. The van der Waals surface area contributed by atoms with Crippen LogP contribution in [0.4, 0.5) is 10.7 Å². The Morgan fingerprint density at radius 2 is 2.09 bits per heavy atom. The molecule has 0 saturated carbocycles. The number of primary amides is 1. The summed E-state index contributed by atoms with van der Waals surface area (Å²) in [6.07, 6.45) is -0.398. The van der Waals surface area contributed by atoms with Crippen LogP contribution in [0.15, 0.2) is 20.2 Å². The predicted molar refractivity (Wildman–Crippen MR) is 120 cm³/mol. The van der Waals surface area contributed by atoms with Gasteiger partial charge in [-0.05, 0) is 38.4 Å². The summed E-state index contributed by atoms with van der Waals surface area (Å²) in [4.78, 5) is 44.1. The summed E-state index contributed by atoms with van der Waals surface area (Å²) in [6.45, 7) is 6.58. The molecule has 1 fully saturated rings. The molecule has 3 unspecified atom stereocenters. The maximum atomic E-state index is 12.8. The third-order valence-electron chi connectivity index (χ3n) is 4.90. The Hall–Kier alpha value is -3.02. The quantitative estimate of drug-likeness (QED) is 0.250. The zero-order valence-electron chi connectivity index (χ0n) is 18.8. The summed E-state index contributed by atoms with van der Waals surface area (Å²) in [5.41, 5.74) is 12.0. The fourth-order valence-corrected chi connectivity index (χ4v) is 5.43. The number of carbonyl (C=O) groups is 3. The largest absolute Gasteiger partial charge is 0.369 e. The number of amides is 4. The lowest BCUT2D eigenvalue weighted by Gasteiger charge is -2.44. The number of anilines is 1. The second-order valence-electron chi connectivity index (χ2n) is 7.83. The van der Waals surface area contributed by atoms with Gasteiger partial charge in [-0.2, -0.15) is 8.42 Å². The van der Waals surface area contributed by atoms with E-state index in [9.17, 15) is 22.8 Å². The van der Waals surface area contributed by atoms with E-state index in [0.717, 1.165) is 0 Å². The first kappa shape index (κ1) is 25.6. The van der Waals surface area contributed by atoms with Gasteiger partial charge in [0.2, 0.25) is 11.8 Å². The van der Waals surface area contributed by atoms with Gasteiger partial charge in [-0.25, -0.2) is 19.1 Å². The van der Waals surface area contributed by atoms with Gasteiger partial charge in [-0.15, -0.1) is 4.53 Å². The molecule has 0 aromatic carbocycles. The van der Waals surface area contributed by atoms with Gasteiger partial charge in [0.1, 0.15) is 11.5 Å². The molecule has 6 N–H and O–H groups in total. The molecule has 0 bridgehead atoms. The third kappa shape index (κ3) is 5.37. The Kier molecular flexibility index (Phi) is 7.29. The van der Waals surface area contributed by atoms with Crippen molar-refractivity contribution in [3.8, 4) is 0 Å². The number of likely N-dealkylation sites (tertiary alicyclic amines) is 1. The highest BCUT2D eigenvalue weighted by atomic mass is 32.2. The Morgan fingerprint density at radius 1 is 1.41 bits per heavy atom. The van der Waals surface area contributed by atoms with Crippen molar-refractivity contribution in [2.24, 2.45) is 16.0 Å². The average molecular weight is 519 g/mol. The summed E-state index contributed by atoms with van der Waals surface area (Å²) in [5, 5.41) is 5.22. The molecule has 4 amide bonds. The smallest absolute Gasteiger partial charge is 0.339 e. The highest BCUT2D eigenvalue weighted by Gasteiger charge is 2.49. The number of β-lactam (4-membered cyclic amide) rings is 1. The van der Waals surface area contributed by atoms with E-state index in [-0.39, 0.29) is 25.0 Å². The molecule has 0 radical (unpaired) electrons. The van der Waals surface area contributed by atoms with E-state index >= 15 is 0 Å². The highest BCUT2D eigenvalue weighted by molar-refractivity contribution is 7.91. The van der Waals surface area contributed by atoms with Crippen LogP contribution in [0.25, 0.3) is 0 Å². The van der Waals surface area contributed by atoms with Gasteiger partial charge in [0.25, 0.3) is 5.91 Å². The van der Waals surface area contributed by atoms with Crippen LogP contribution in [0.1, 0.15) is 31.5 Å². The lowest BCUT2D eigenvalue weighted by molar-refractivity contribution is -0.144. The van der Waals surface area contributed by atoms with E-state index in [2.05, 4.69) is 9.68 Å². The summed E-state index contributed by atoms with van der Waals surface area (Å²) in [5.74, 6) is -1.51. The van der Waals surface area contributed by atoms with Gasteiger partial charge in [0.15, 0.2) is 0 Å². The predicted octanol–water partition coefficient (Wildman–Crippen LogP) is -0.715. The van der Waals surface area contributed by atoms with Crippen LogP contribution in [0, 0.1) is 13.8 Å². The van der Waals surface area contributed by atoms with Crippen molar-refractivity contribution in [1.82, 2.24) is 19.7 Å². The molecule has 2 aliphatic heterocycles. The number of nitrogens with one attached hydrogen (secondary N) is 2. The zero-order valence-corrected chi connectivity index (χ0v) is 20.5. The van der Waals surface area contributed by atoms with Crippen LogP contribution in [-0.2, 0) is 35.3 Å². The van der Waals surface area contributed by atoms with Crippen LogP contribution in [-0.4, -0.2) is 65.4 Å². The molecule has 3 atom stereocenters. The van der Waals surface area contributed by atoms with Crippen molar-refractivity contribution in [3.63, 3.8) is 0 Å². The Bertz CT molecular complexity index is 1180. The Labute approximate surface area is 198 Å². The van der Waals surface area contributed by atoms with Crippen molar-refractivity contribution in [2.75, 3.05) is 11.3 Å². The molecule has 1 saturated heterocycles. The first-order valence-corrected chi connectivity index (χ1v) is 12.8. The normalized spacial score (nSPS) is 22.7. The molecule has 2 aliphatic rings.